The van der Waals surface area contributed by atoms with Crippen LogP contribution in [0.2, 0.25) is 0 Å². The first kappa shape index (κ1) is 25.9. The molecule has 0 unspecified atom stereocenters. The molecule has 1 aliphatic heterocycles. The van der Waals surface area contributed by atoms with Crippen LogP contribution in [-0.4, -0.2) is 41.0 Å². The number of fused-ring (bicyclic) bond motifs is 1. The molecule has 0 bridgehead atoms. The number of hydrogen-bond donors (Lipinski definition) is 3. The number of esters is 1. The number of aryl methyl sites for hydroxylation is 1. The zero-order valence-corrected chi connectivity index (χ0v) is 21.7. The zero-order valence-electron chi connectivity index (χ0n) is 20.9. The number of nitrogens with zero attached hydrogens (tertiary/aromatic N) is 2. The summed E-state index contributed by atoms with van der Waals surface area (Å²) in [5, 5.41) is 11.6. The normalized spacial score (nSPS) is 15.4. The summed E-state index contributed by atoms with van der Waals surface area (Å²) in [5.74, 6) is -0.445. The first-order valence-corrected chi connectivity index (χ1v) is 12.4. The van der Waals surface area contributed by atoms with Crippen molar-refractivity contribution in [1.82, 2.24) is 20.6 Å². The molecule has 0 saturated carbocycles. The van der Waals surface area contributed by atoms with Crippen LogP contribution in [-0.2, 0) is 20.9 Å². The van der Waals surface area contributed by atoms with E-state index in [0.717, 1.165) is 23.0 Å². The number of para-hydroxylation sites is 2. The van der Waals surface area contributed by atoms with E-state index < -0.39 is 17.9 Å². The minimum Gasteiger partial charge on any atom is -0.483 e. The van der Waals surface area contributed by atoms with Gasteiger partial charge < -0.3 is 24.7 Å². The Bertz CT molecular complexity index is 1390. The van der Waals surface area contributed by atoms with Crippen LogP contribution in [0.1, 0.15) is 37.9 Å². The molecule has 2 heterocycles. The number of rotatable bonds is 9. The maximum absolute atomic E-state index is 12.7. The lowest BCUT2D eigenvalue weighted by Gasteiger charge is -2.30. The summed E-state index contributed by atoms with van der Waals surface area (Å²) in [4.78, 5) is 25.2. The SMILES string of the molecule is CCOC(=O)C1=C(C)NC(=S)N[C@@H]1c1ccccc1OCC(=O)NN=Cc1cn(CC)c2ccccc12. The van der Waals surface area contributed by atoms with Gasteiger partial charge in [-0.25, -0.2) is 10.2 Å². The lowest BCUT2D eigenvalue weighted by atomic mass is 9.95. The second kappa shape index (κ2) is 11.7. The Labute approximate surface area is 220 Å². The van der Waals surface area contributed by atoms with Crippen molar-refractivity contribution >= 4 is 46.3 Å². The van der Waals surface area contributed by atoms with E-state index in [1.54, 1.807) is 32.2 Å². The molecule has 10 heteroatoms. The summed E-state index contributed by atoms with van der Waals surface area (Å²) < 4.78 is 13.2. The molecular formula is C27H29N5O4S. The number of nitrogens with one attached hydrogen (secondary N) is 3. The molecule has 37 heavy (non-hydrogen) atoms. The predicted molar refractivity (Wildman–Crippen MR) is 146 cm³/mol. The number of hydrogen-bond acceptors (Lipinski definition) is 6. The van der Waals surface area contributed by atoms with E-state index in [1.807, 2.05) is 42.6 Å². The standard InChI is InChI=1S/C27H29N5O4S/c1-4-32-15-18(19-10-6-8-12-21(19)32)14-28-31-23(33)16-36-22-13-9-7-11-20(22)25-24(26(34)35-5-2)17(3)29-27(37)30-25/h6-15,25H,4-5,16H2,1-3H3,(H,31,33)(H2,29,30,37)/t25-/m1/s1. The van der Waals surface area contributed by atoms with Crippen molar-refractivity contribution < 1.29 is 19.1 Å². The number of carbonyl (C=O) groups excluding carboxylic acids is 2. The Balaban J connectivity index is 1.46. The number of thiocarbonyl (C=S) groups is 1. The van der Waals surface area contributed by atoms with Crippen LogP contribution in [0.3, 0.4) is 0 Å². The Hall–Kier alpha value is -4.18. The number of allylic oxidation sites excluding steroid dienone is 1. The molecule has 192 valence electrons. The lowest BCUT2D eigenvalue weighted by molar-refractivity contribution is -0.139. The highest BCUT2D eigenvalue weighted by Gasteiger charge is 2.32. The fourth-order valence-corrected chi connectivity index (χ4v) is 4.52. The summed E-state index contributed by atoms with van der Waals surface area (Å²) in [5.41, 5.74) is 6.17. The highest BCUT2D eigenvalue weighted by Crippen LogP contribution is 2.33. The van der Waals surface area contributed by atoms with E-state index in [-0.39, 0.29) is 13.2 Å². The van der Waals surface area contributed by atoms with Crippen molar-refractivity contribution in [3.63, 3.8) is 0 Å². The Kier molecular flexibility index (Phi) is 8.19. The second-order valence-corrected chi connectivity index (χ2v) is 8.71. The number of benzene rings is 2. The molecule has 0 fully saturated rings. The van der Waals surface area contributed by atoms with Gasteiger partial charge in [0.15, 0.2) is 11.7 Å². The topological polar surface area (TPSA) is 106 Å². The van der Waals surface area contributed by atoms with Gasteiger partial charge in [-0.2, -0.15) is 5.10 Å². The van der Waals surface area contributed by atoms with E-state index in [0.29, 0.717) is 27.7 Å². The Morgan fingerprint density at radius 1 is 1.16 bits per heavy atom. The molecule has 3 aromatic rings. The molecule has 4 rings (SSSR count). The van der Waals surface area contributed by atoms with Crippen LogP contribution < -0.4 is 20.8 Å². The Morgan fingerprint density at radius 3 is 2.70 bits per heavy atom. The van der Waals surface area contributed by atoms with E-state index in [1.165, 1.54) is 0 Å². The van der Waals surface area contributed by atoms with Gasteiger partial charge >= 0.3 is 5.97 Å². The third kappa shape index (κ3) is 5.80. The van der Waals surface area contributed by atoms with Gasteiger partial charge in [-0.3, -0.25) is 4.79 Å². The predicted octanol–water partition coefficient (Wildman–Crippen LogP) is 3.55. The number of ether oxygens (including phenoxy) is 2. The maximum Gasteiger partial charge on any atom is 0.338 e. The zero-order chi connectivity index (χ0) is 26.4. The van der Waals surface area contributed by atoms with Gasteiger partial charge in [0.05, 0.1) is 24.4 Å². The fourth-order valence-electron chi connectivity index (χ4n) is 4.25. The van der Waals surface area contributed by atoms with Crippen molar-refractivity contribution in [1.29, 1.82) is 0 Å². The van der Waals surface area contributed by atoms with Gasteiger partial charge in [0.2, 0.25) is 0 Å². The van der Waals surface area contributed by atoms with E-state index in [2.05, 4.69) is 32.7 Å². The average Bonchev–Trinajstić information content (AvgIpc) is 3.25. The number of aromatic nitrogens is 1. The first-order chi connectivity index (χ1) is 17.9. The summed E-state index contributed by atoms with van der Waals surface area (Å²) >= 11 is 5.31. The summed E-state index contributed by atoms with van der Waals surface area (Å²) in [6, 6.07) is 14.6. The number of amides is 1. The van der Waals surface area contributed by atoms with Crippen molar-refractivity contribution in [2.45, 2.75) is 33.4 Å². The van der Waals surface area contributed by atoms with E-state index in [4.69, 9.17) is 21.7 Å². The van der Waals surface area contributed by atoms with Crippen LogP contribution in [0.4, 0.5) is 0 Å². The van der Waals surface area contributed by atoms with Gasteiger partial charge in [-0.1, -0.05) is 36.4 Å². The maximum atomic E-state index is 12.7. The smallest absolute Gasteiger partial charge is 0.338 e. The molecular weight excluding hydrogens is 490 g/mol. The lowest BCUT2D eigenvalue weighted by Crippen LogP contribution is -2.45. The van der Waals surface area contributed by atoms with Gasteiger partial charge in [-0.15, -0.1) is 0 Å². The van der Waals surface area contributed by atoms with Crippen LogP contribution >= 0.6 is 12.2 Å². The van der Waals surface area contributed by atoms with Crippen LogP contribution in [0, 0.1) is 0 Å². The molecule has 0 aliphatic carbocycles. The molecule has 9 nitrogen and oxygen atoms in total. The molecule has 1 atom stereocenters. The minimum atomic E-state index is -0.596. The van der Waals surface area contributed by atoms with Gasteiger partial charge in [-0.05, 0) is 45.1 Å². The summed E-state index contributed by atoms with van der Waals surface area (Å²) in [7, 11) is 0. The summed E-state index contributed by atoms with van der Waals surface area (Å²) in [6.07, 6.45) is 3.62. The molecule has 0 spiro atoms. The highest BCUT2D eigenvalue weighted by atomic mass is 32.1. The monoisotopic (exact) mass is 519 g/mol. The van der Waals surface area contributed by atoms with Gasteiger partial charge in [0, 0.05) is 40.5 Å². The third-order valence-corrected chi connectivity index (χ3v) is 6.13. The van der Waals surface area contributed by atoms with Crippen molar-refractivity contribution in [3.05, 3.63) is 77.1 Å². The number of carbonyl (C=O) groups is 2. The molecule has 1 aliphatic rings. The van der Waals surface area contributed by atoms with Gasteiger partial charge in [0.1, 0.15) is 5.75 Å². The molecule has 0 radical (unpaired) electrons. The van der Waals surface area contributed by atoms with Crippen molar-refractivity contribution in [3.8, 4) is 5.75 Å². The van der Waals surface area contributed by atoms with Crippen LogP contribution in [0.5, 0.6) is 5.75 Å². The van der Waals surface area contributed by atoms with Gasteiger partial charge in [0.25, 0.3) is 5.91 Å². The molecule has 0 saturated heterocycles. The van der Waals surface area contributed by atoms with Crippen molar-refractivity contribution in [2.75, 3.05) is 13.2 Å². The second-order valence-electron chi connectivity index (χ2n) is 8.30. The molecule has 2 aromatic carbocycles. The van der Waals surface area contributed by atoms with Crippen LogP contribution in [0.25, 0.3) is 10.9 Å². The largest absolute Gasteiger partial charge is 0.483 e. The molecule has 3 N–H and O–H groups in total. The number of hydrazone groups is 1. The molecule has 1 aromatic heterocycles. The molecule has 1 amide bonds. The summed E-state index contributed by atoms with van der Waals surface area (Å²) in [6.45, 7) is 6.39. The highest BCUT2D eigenvalue weighted by molar-refractivity contribution is 7.80. The van der Waals surface area contributed by atoms with E-state index in [9.17, 15) is 9.59 Å². The third-order valence-electron chi connectivity index (χ3n) is 5.91. The Morgan fingerprint density at radius 2 is 1.92 bits per heavy atom. The van der Waals surface area contributed by atoms with Crippen LogP contribution in [0.15, 0.2) is 71.1 Å². The first-order valence-electron chi connectivity index (χ1n) is 12.0. The quantitative estimate of drug-likeness (QED) is 0.172. The van der Waals surface area contributed by atoms with E-state index >= 15 is 0 Å². The van der Waals surface area contributed by atoms with Crippen molar-refractivity contribution in [2.24, 2.45) is 5.10 Å². The fraction of sp³-hybridized carbons (Fsp3) is 0.259. The minimum absolute atomic E-state index is 0.241. The average molecular weight is 520 g/mol.